The van der Waals surface area contributed by atoms with E-state index < -0.39 is 6.17 Å². The molecule has 4 aromatic heterocycles. The maximum absolute atomic E-state index is 12.1. The van der Waals surface area contributed by atoms with Crippen LogP contribution >= 0.6 is 0 Å². The van der Waals surface area contributed by atoms with Crippen molar-refractivity contribution in [2.45, 2.75) is 12.6 Å². The van der Waals surface area contributed by atoms with Crippen LogP contribution in [0.25, 0.3) is 22.4 Å². The van der Waals surface area contributed by atoms with E-state index >= 15 is 0 Å². The number of hydrogen-bond acceptors (Lipinski definition) is 7. The van der Waals surface area contributed by atoms with Crippen molar-refractivity contribution >= 4 is 22.9 Å². The zero-order valence-electron chi connectivity index (χ0n) is 14.8. The molecule has 4 N–H and O–H groups in total. The zero-order valence-corrected chi connectivity index (χ0v) is 14.8. The third-order valence-electron chi connectivity index (χ3n) is 4.42. The molecule has 140 valence electrons. The van der Waals surface area contributed by atoms with E-state index in [0.717, 1.165) is 29.9 Å². The van der Waals surface area contributed by atoms with Gasteiger partial charge < -0.3 is 16.4 Å². The van der Waals surface area contributed by atoms with E-state index in [1.54, 1.807) is 21.4 Å². The molecule has 0 spiro atoms. The molecule has 27 heavy (non-hydrogen) atoms. The molecule has 9 nitrogen and oxygen atoms in total. The fraction of sp³-hybridized carbons (Fsp3) is 0.294. The predicted molar refractivity (Wildman–Crippen MR) is 101 cm³/mol. The Bertz CT molecular complexity index is 1080. The van der Waals surface area contributed by atoms with E-state index in [1.807, 2.05) is 36.3 Å². The first-order valence-corrected chi connectivity index (χ1v) is 8.55. The van der Waals surface area contributed by atoms with Gasteiger partial charge in [0.05, 0.1) is 11.9 Å². The zero-order chi connectivity index (χ0) is 19.0. The van der Waals surface area contributed by atoms with Crippen LogP contribution in [0.3, 0.4) is 0 Å². The normalized spacial score (nSPS) is 17.3. The van der Waals surface area contributed by atoms with Crippen LogP contribution < -0.4 is 11.5 Å². The van der Waals surface area contributed by atoms with Gasteiger partial charge in [-0.25, -0.2) is 18.4 Å². The molecule has 5 heterocycles. The second kappa shape index (κ2) is 6.80. The van der Waals surface area contributed by atoms with Crippen molar-refractivity contribution in [1.29, 1.82) is 0 Å². The van der Waals surface area contributed by atoms with E-state index in [1.165, 1.54) is 0 Å². The number of nitrogens with two attached hydrogens (primary N) is 2. The van der Waals surface area contributed by atoms with Crippen molar-refractivity contribution in [3.63, 3.8) is 0 Å². The first-order valence-electron chi connectivity index (χ1n) is 8.55. The first kappa shape index (κ1) is 17.2. The van der Waals surface area contributed by atoms with Gasteiger partial charge in [-0.2, -0.15) is 10.1 Å². The van der Waals surface area contributed by atoms with Crippen molar-refractivity contribution in [3.05, 3.63) is 36.8 Å². The van der Waals surface area contributed by atoms with E-state index in [-0.39, 0.29) is 5.95 Å². The molecular weight excluding hydrogens is 349 g/mol. The Hall–Kier alpha value is -3.27. The average Bonchev–Trinajstić information content (AvgIpc) is 3.34. The number of anilines is 2. The van der Waals surface area contributed by atoms with Crippen molar-refractivity contribution in [1.82, 2.24) is 34.1 Å². The quantitative estimate of drug-likeness (QED) is 0.519. The number of aromatic nitrogens is 6. The summed E-state index contributed by atoms with van der Waals surface area (Å²) < 4.78 is 15.4. The van der Waals surface area contributed by atoms with Crippen molar-refractivity contribution in [2.75, 3.05) is 31.6 Å². The summed E-state index contributed by atoms with van der Waals surface area (Å²) in [6, 6.07) is 5.58. The number of halogens is 1. The lowest BCUT2D eigenvalue weighted by molar-refractivity contribution is 0.321. The van der Waals surface area contributed by atoms with Crippen LogP contribution in [0.15, 0.2) is 36.8 Å². The summed E-state index contributed by atoms with van der Waals surface area (Å²) in [6.45, 7) is 1.57. The van der Waals surface area contributed by atoms with Gasteiger partial charge in [-0.05, 0) is 25.6 Å². The smallest absolute Gasteiger partial charge is 0.240 e. The highest BCUT2D eigenvalue weighted by atomic mass is 19.1. The van der Waals surface area contributed by atoms with Crippen LogP contribution in [0, 0.1) is 0 Å². The summed E-state index contributed by atoms with van der Waals surface area (Å²) in [5.74, 6) is 0.462. The highest BCUT2D eigenvalue weighted by Crippen LogP contribution is 2.27. The number of hydrogen-bond donors (Lipinski definition) is 2. The topological polar surface area (TPSA) is 116 Å². The molecule has 1 atom stereocenters. The molecule has 5 rings (SSSR count). The third kappa shape index (κ3) is 3.38. The van der Waals surface area contributed by atoms with Crippen LogP contribution in [0.2, 0.25) is 0 Å². The maximum atomic E-state index is 12.1. The molecule has 1 aliphatic heterocycles. The summed E-state index contributed by atoms with van der Waals surface area (Å²) in [7, 11) is 1.94. The molecule has 0 aromatic carbocycles. The standard InChI is InChI=1S/C12H10N8.C5H10FN/c13-11-10-7(2-5-20(10)18-12(14)17-11)8-3-6-19-9(16-8)1-4-15-19;1-7-3-2-5(6)4-7/h1-6H,(H4,13,14,17,18);5H,2-4H2,1H3/t;5-/m.1/s1. The molecule has 1 aliphatic rings. The van der Waals surface area contributed by atoms with Gasteiger partial charge in [-0.15, -0.1) is 5.10 Å². The summed E-state index contributed by atoms with van der Waals surface area (Å²) in [5, 5.41) is 8.21. The lowest BCUT2D eigenvalue weighted by Crippen LogP contribution is -2.13. The molecular formula is C17H20FN9. The maximum Gasteiger partial charge on any atom is 0.240 e. The molecule has 0 aliphatic carbocycles. The second-order valence-electron chi connectivity index (χ2n) is 6.47. The van der Waals surface area contributed by atoms with Crippen LogP contribution in [-0.4, -0.2) is 60.4 Å². The molecule has 4 aromatic rings. The lowest BCUT2D eigenvalue weighted by atomic mass is 10.2. The van der Waals surface area contributed by atoms with Gasteiger partial charge in [0.25, 0.3) is 0 Å². The Morgan fingerprint density at radius 3 is 2.63 bits per heavy atom. The van der Waals surface area contributed by atoms with Gasteiger partial charge in [0.15, 0.2) is 11.5 Å². The SMILES string of the molecule is CN1CC[C@@H](F)C1.Nc1nc(N)c2c(-c3ccn4nccc4n3)ccn2n1. The molecule has 0 radical (unpaired) electrons. The molecule has 1 fully saturated rings. The van der Waals surface area contributed by atoms with Crippen molar-refractivity contribution < 1.29 is 4.39 Å². The fourth-order valence-corrected chi connectivity index (χ4v) is 3.12. The summed E-state index contributed by atoms with van der Waals surface area (Å²) in [4.78, 5) is 10.5. The van der Waals surface area contributed by atoms with E-state index in [4.69, 9.17) is 11.5 Å². The minimum atomic E-state index is -0.551. The van der Waals surface area contributed by atoms with Gasteiger partial charge in [-0.1, -0.05) is 0 Å². The number of likely N-dealkylation sites (tertiary alicyclic amines) is 1. The molecule has 0 bridgehead atoms. The van der Waals surface area contributed by atoms with E-state index in [2.05, 4.69) is 20.2 Å². The Morgan fingerprint density at radius 1 is 1.11 bits per heavy atom. The number of alkyl halides is 1. The van der Waals surface area contributed by atoms with Gasteiger partial charge in [0, 0.05) is 37.1 Å². The Morgan fingerprint density at radius 2 is 1.93 bits per heavy atom. The Labute approximate surface area is 154 Å². The summed E-state index contributed by atoms with van der Waals surface area (Å²) in [5.41, 5.74) is 14.6. The molecule has 0 amide bonds. The monoisotopic (exact) mass is 369 g/mol. The van der Waals surface area contributed by atoms with Crippen LogP contribution in [0.1, 0.15) is 6.42 Å². The van der Waals surface area contributed by atoms with E-state index in [0.29, 0.717) is 17.9 Å². The van der Waals surface area contributed by atoms with E-state index in [9.17, 15) is 4.39 Å². The molecule has 0 unspecified atom stereocenters. The molecule has 0 saturated carbocycles. The Kier molecular flexibility index (Phi) is 4.32. The fourth-order valence-electron chi connectivity index (χ4n) is 3.12. The highest BCUT2D eigenvalue weighted by Gasteiger charge is 2.17. The Balaban J connectivity index is 0.000000218. The predicted octanol–water partition coefficient (Wildman–Crippen LogP) is 1.26. The van der Waals surface area contributed by atoms with Crippen molar-refractivity contribution in [3.8, 4) is 11.3 Å². The first-order chi connectivity index (χ1) is 13.0. The minimum absolute atomic E-state index is 0.136. The number of rotatable bonds is 1. The lowest BCUT2D eigenvalue weighted by Gasteiger charge is -2.03. The summed E-state index contributed by atoms with van der Waals surface area (Å²) in [6.07, 6.45) is 5.50. The van der Waals surface area contributed by atoms with Crippen LogP contribution in [0.4, 0.5) is 16.2 Å². The van der Waals surface area contributed by atoms with Gasteiger partial charge in [-0.3, -0.25) is 0 Å². The number of fused-ring (bicyclic) bond motifs is 2. The summed E-state index contributed by atoms with van der Waals surface area (Å²) >= 11 is 0. The van der Waals surface area contributed by atoms with Gasteiger partial charge in [0.2, 0.25) is 5.95 Å². The highest BCUT2D eigenvalue weighted by molar-refractivity contribution is 5.86. The number of nitrogens with zero attached hydrogens (tertiary/aromatic N) is 7. The van der Waals surface area contributed by atoms with Crippen LogP contribution in [-0.2, 0) is 0 Å². The minimum Gasteiger partial charge on any atom is -0.382 e. The van der Waals surface area contributed by atoms with Gasteiger partial charge in [0.1, 0.15) is 11.7 Å². The average molecular weight is 369 g/mol. The van der Waals surface area contributed by atoms with Crippen molar-refractivity contribution in [2.24, 2.45) is 0 Å². The van der Waals surface area contributed by atoms with Crippen LogP contribution in [0.5, 0.6) is 0 Å². The second-order valence-corrected chi connectivity index (χ2v) is 6.47. The largest absolute Gasteiger partial charge is 0.382 e. The number of nitrogen functional groups attached to an aromatic ring is 2. The van der Waals surface area contributed by atoms with Gasteiger partial charge >= 0.3 is 0 Å². The molecule has 10 heteroatoms. The third-order valence-corrected chi connectivity index (χ3v) is 4.42. The molecule has 1 saturated heterocycles.